The molecule has 1 aromatic carbocycles. The van der Waals surface area contributed by atoms with Crippen molar-refractivity contribution in [1.29, 1.82) is 0 Å². The quantitative estimate of drug-likeness (QED) is 0.642. The van der Waals surface area contributed by atoms with Crippen molar-refractivity contribution < 1.29 is 19.2 Å². The highest BCUT2D eigenvalue weighted by Gasteiger charge is 2.25. The van der Waals surface area contributed by atoms with Crippen LogP contribution in [0.4, 0.5) is 15.8 Å². The molecule has 1 aromatic rings. The number of nitro groups is 1. The third-order valence-corrected chi connectivity index (χ3v) is 3.76. The smallest absolute Gasteiger partial charge is 0.342 e. The van der Waals surface area contributed by atoms with Crippen LogP contribution >= 0.6 is 11.8 Å². The lowest BCUT2D eigenvalue weighted by Crippen LogP contribution is -2.31. The van der Waals surface area contributed by atoms with Crippen molar-refractivity contribution in [1.82, 2.24) is 0 Å². The molecule has 0 saturated carbocycles. The monoisotopic (exact) mass is 302 g/mol. The zero-order valence-corrected chi connectivity index (χ0v) is 12.1. The maximum absolute atomic E-state index is 14.0. The van der Waals surface area contributed by atoms with E-state index in [1.54, 1.807) is 23.7 Å². The Morgan fingerprint density at radius 1 is 1.60 bits per heavy atom. The SMILES string of the molecule is CSCC(C)N(C)c1cc(C(=O)O)c([N+](=O)[O-])cc1F. The van der Waals surface area contributed by atoms with E-state index in [0.717, 1.165) is 11.8 Å². The molecule has 1 N–H and O–H groups in total. The number of thioether (sulfide) groups is 1. The van der Waals surface area contributed by atoms with E-state index in [4.69, 9.17) is 5.11 Å². The van der Waals surface area contributed by atoms with E-state index in [9.17, 15) is 19.3 Å². The fraction of sp³-hybridized carbons (Fsp3) is 0.417. The summed E-state index contributed by atoms with van der Waals surface area (Å²) >= 11 is 1.57. The predicted molar refractivity (Wildman–Crippen MR) is 76.3 cm³/mol. The number of rotatable bonds is 6. The fourth-order valence-corrected chi connectivity index (χ4v) is 2.44. The summed E-state index contributed by atoms with van der Waals surface area (Å²) in [6, 6.07) is 1.62. The molecule has 0 fully saturated rings. The summed E-state index contributed by atoms with van der Waals surface area (Å²) in [5.74, 6) is -1.55. The molecular formula is C12H15FN2O4S. The van der Waals surface area contributed by atoms with Gasteiger partial charge < -0.3 is 10.0 Å². The van der Waals surface area contributed by atoms with Crippen LogP contribution < -0.4 is 4.90 Å². The number of hydrogen-bond acceptors (Lipinski definition) is 5. The van der Waals surface area contributed by atoms with Gasteiger partial charge in [0.25, 0.3) is 5.69 Å². The highest BCUT2D eigenvalue weighted by atomic mass is 32.2. The maximum atomic E-state index is 14.0. The molecule has 0 radical (unpaired) electrons. The van der Waals surface area contributed by atoms with Crippen LogP contribution in [0.1, 0.15) is 17.3 Å². The van der Waals surface area contributed by atoms with Crippen LogP contribution in [-0.2, 0) is 0 Å². The first-order chi connectivity index (χ1) is 9.29. The molecule has 1 rings (SSSR count). The van der Waals surface area contributed by atoms with Crippen molar-refractivity contribution >= 4 is 29.1 Å². The molecule has 0 aromatic heterocycles. The predicted octanol–water partition coefficient (Wildman–Crippen LogP) is 2.62. The van der Waals surface area contributed by atoms with Crippen LogP contribution in [0.3, 0.4) is 0 Å². The minimum Gasteiger partial charge on any atom is -0.477 e. The molecule has 0 aliphatic heterocycles. The van der Waals surface area contributed by atoms with Gasteiger partial charge in [-0.15, -0.1) is 0 Å². The van der Waals surface area contributed by atoms with Crippen molar-refractivity contribution in [3.63, 3.8) is 0 Å². The molecule has 0 saturated heterocycles. The summed E-state index contributed by atoms with van der Waals surface area (Å²) in [6.45, 7) is 1.86. The van der Waals surface area contributed by atoms with Gasteiger partial charge >= 0.3 is 5.97 Å². The van der Waals surface area contributed by atoms with Gasteiger partial charge in [-0.3, -0.25) is 10.1 Å². The highest BCUT2D eigenvalue weighted by molar-refractivity contribution is 7.98. The Balaban J connectivity index is 3.32. The van der Waals surface area contributed by atoms with Gasteiger partial charge in [0, 0.05) is 18.8 Å². The van der Waals surface area contributed by atoms with Crippen LogP contribution in [0, 0.1) is 15.9 Å². The Morgan fingerprint density at radius 3 is 2.65 bits per heavy atom. The van der Waals surface area contributed by atoms with Gasteiger partial charge in [0.05, 0.1) is 16.7 Å². The Bertz CT molecular complexity index is 538. The normalized spacial score (nSPS) is 12.0. The summed E-state index contributed by atoms with van der Waals surface area (Å²) in [5.41, 5.74) is -1.23. The van der Waals surface area contributed by atoms with Gasteiger partial charge in [0.15, 0.2) is 5.82 Å². The third kappa shape index (κ3) is 3.38. The molecule has 0 heterocycles. The Labute approximate surface area is 119 Å². The number of carbonyl (C=O) groups is 1. The molecule has 0 spiro atoms. The lowest BCUT2D eigenvalue weighted by molar-refractivity contribution is -0.385. The number of nitrogens with zero attached hydrogens (tertiary/aromatic N) is 2. The number of benzene rings is 1. The first-order valence-corrected chi connectivity index (χ1v) is 7.12. The van der Waals surface area contributed by atoms with Crippen LogP contribution in [0.25, 0.3) is 0 Å². The number of halogens is 1. The standard InChI is InChI=1S/C12H15FN2O4S/c1-7(6-20-3)14(2)11-4-8(12(16)17)10(15(18)19)5-9(11)13/h4-5,7H,6H2,1-3H3,(H,16,17). The van der Waals surface area contributed by atoms with Crippen LogP contribution in [0.5, 0.6) is 0 Å². The number of carboxylic acids is 1. The van der Waals surface area contributed by atoms with Crippen LogP contribution in [0.15, 0.2) is 12.1 Å². The second kappa shape index (κ2) is 6.56. The largest absolute Gasteiger partial charge is 0.477 e. The lowest BCUT2D eigenvalue weighted by Gasteiger charge is -2.27. The number of anilines is 1. The summed E-state index contributed by atoms with van der Waals surface area (Å²) in [5, 5.41) is 19.8. The van der Waals surface area contributed by atoms with Gasteiger partial charge in [-0.2, -0.15) is 11.8 Å². The number of carboxylic acid groups (broad SMARTS) is 1. The summed E-state index contributed by atoms with van der Waals surface area (Å²) in [6.07, 6.45) is 1.90. The first kappa shape index (κ1) is 16.2. The Morgan fingerprint density at radius 2 is 2.20 bits per heavy atom. The topological polar surface area (TPSA) is 83.7 Å². The molecule has 6 nitrogen and oxygen atoms in total. The van der Waals surface area contributed by atoms with Crippen LogP contribution in [-0.4, -0.2) is 41.1 Å². The minimum atomic E-state index is -1.45. The zero-order chi connectivity index (χ0) is 15.4. The summed E-state index contributed by atoms with van der Waals surface area (Å²) < 4.78 is 14.0. The summed E-state index contributed by atoms with van der Waals surface area (Å²) in [4.78, 5) is 22.5. The van der Waals surface area contributed by atoms with Crippen molar-refractivity contribution in [3.05, 3.63) is 33.6 Å². The molecule has 0 bridgehead atoms. The van der Waals surface area contributed by atoms with E-state index in [-0.39, 0.29) is 11.7 Å². The van der Waals surface area contributed by atoms with Gasteiger partial charge in [-0.25, -0.2) is 9.18 Å². The van der Waals surface area contributed by atoms with E-state index >= 15 is 0 Å². The zero-order valence-electron chi connectivity index (χ0n) is 11.3. The fourth-order valence-electron chi connectivity index (χ4n) is 1.73. The van der Waals surface area contributed by atoms with E-state index in [2.05, 4.69) is 0 Å². The maximum Gasteiger partial charge on any atom is 0.342 e. The number of aromatic carboxylic acids is 1. The Hall–Kier alpha value is -1.83. The molecule has 0 amide bonds. The molecule has 0 aliphatic rings. The number of hydrogen-bond donors (Lipinski definition) is 1. The third-order valence-electron chi connectivity index (χ3n) is 2.94. The lowest BCUT2D eigenvalue weighted by atomic mass is 10.1. The van der Waals surface area contributed by atoms with Crippen LogP contribution in [0.2, 0.25) is 0 Å². The van der Waals surface area contributed by atoms with Crippen molar-refractivity contribution in [3.8, 4) is 0 Å². The van der Waals surface area contributed by atoms with Gasteiger partial charge in [0.2, 0.25) is 0 Å². The molecule has 110 valence electrons. The van der Waals surface area contributed by atoms with Crippen molar-refractivity contribution in [2.45, 2.75) is 13.0 Å². The molecule has 0 aliphatic carbocycles. The molecule has 8 heteroatoms. The molecular weight excluding hydrogens is 287 g/mol. The van der Waals surface area contributed by atoms with Gasteiger partial charge in [-0.1, -0.05) is 0 Å². The second-order valence-electron chi connectivity index (χ2n) is 4.30. The molecule has 1 unspecified atom stereocenters. The van der Waals surface area contributed by atoms with E-state index in [1.807, 2.05) is 13.2 Å². The summed E-state index contributed by atoms with van der Waals surface area (Å²) in [7, 11) is 1.62. The average molecular weight is 302 g/mol. The highest BCUT2D eigenvalue weighted by Crippen LogP contribution is 2.29. The molecule has 1 atom stereocenters. The second-order valence-corrected chi connectivity index (χ2v) is 5.21. The Kier molecular flexibility index (Phi) is 5.32. The number of nitro benzene ring substituents is 1. The van der Waals surface area contributed by atoms with Gasteiger partial charge in [-0.05, 0) is 19.2 Å². The van der Waals surface area contributed by atoms with E-state index in [0.29, 0.717) is 6.07 Å². The van der Waals surface area contributed by atoms with Gasteiger partial charge in [0.1, 0.15) is 5.56 Å². The van der Waals surface area contributed by atoms with Crippen molar-refractivity contribution in [2.24, 2.45) is 0 Å². The molecule has 20 heavy (non-hydrogen) atoms. The van der Waals surface area contributed by atoms with E-state index in [1.165, 1.54) is 0 Å². The average Bonchev–Trinajstić information content (AvgIpc) is 2.37. The van der Waals surface area contributed by atoms with E-state index < -0.39 is 28.0 Å². The first-order valence-electron chi connectivity index (χ1n) is 5.72. The minimum absolute atomic E-state index is 0.0366. The van der Waals surface area contributed by atoms with Crippen molar-refractivity contribution in [2.75, 3.05) is 24.0 Å².